The van der Waals surface area contributed by atoms with Crippen molar-refractivity contribution in [2.24, 2.45) is 0 Å². The van der Waals surface area contributed by atoms with E-state index in [4.69, 9.17) is 9.94 Å². The summed E-state index contributed by atoms with van der Waals surface area (Å²) in [6.07, 6.45) is 4.14. The van der Waals surface area contributed by atoms with Gasteiger partial charge in [-0.3, -0.25) is 10.0 Å². The van der Waals surface area contributed by atoms with Crippen molar-refractivity contribution in [1.29, 1.82) is 10.5 Å². The number of nitriles is 2. The van der Waals surface area contributed by atoms with E-state index in [9.17, 15) is 29.2 Å². The van der Waals surface area contributed by atoms with Gasteiger partial charge in [-0.25, -0.2) is 19.2 Å². The quantitative estimate of drug-likeness (QED) is 0.105. The largest absolute Gasteiger partial charge is 0.504 e. The standard InChI is InChI=1S/C35H30F2N6O4/c1-47-32-9-8-23(16-31(32)44)28-20-41-34(27(18-39)33(28)24-6-7-25(17-38)29(36)15-24)43-12-10-26(11-13-43)40-19-22-4-2-21(3-5-22)14-30(37)35(45)42-46/h2-9,14-16,20,26,40,44,46H,10-13,19H2,1H3,(H,42,45)/b30-14+. The van der Waals surface area contributed by atoms with Crippen molar-refractivity contribution in [3.63, 3.8) is 0 Å². The van der Waals surface area contributed by atoms with Crippen LogP contribution in [-0.4, -0.2) is 47.4 Å². The Bertz CT molecular complexity index is 1910. The number of nitrogens with one attached hydrogen (secondary N) is 2. The highest BCUT2D eigenvalue weighted by atomic mass is 19.1. The molecule has 4 N–H and O–H groups in total. The Hall–Kier alpha value is -5.82. The van der Waals surface area contributed by atoms with Crippen molar-refractivity contribution < 1.29 is 28.6 Å². The van der Waals surface area contributed by atoms with Gasteiger partial charge in [-0.1, -0.05) is 36.4 Å². The van der Waals surface area contributed by atoms with Crippen LogP contribution in [0.4, 0.5) is 14.6 Å². The second-order valence-electron chi connectivity index (χ2n) is 10.9. The number of hydroxylamine groups is 1. The molecule has 1 saturated heterocycles. The van der Waals surface area contributed by atoms with E-state index < -0.39 is 17.6 Å². The molecule has 5 rings (SSSR count). The highest BCUT2D eigenvalue weighted by Gasteiger charge is 2.26. The molecule has 1 aromatic heterocycles. The number of amides is 1. The maximum Gasteiger partial charge on any atom is 0.303 e. The first-order valence-corrected chi connectivity index (χ1v) is 14.7. The van der Waals surface area contributed by atoms with Gasteiger partial charge in [-0.2, -0.15) is 10.5 Å². The van der Waals surface area contributed by atoms with Crippen LogP contribution < -0.4 is 20.4 Å². The number of rotatable bonds is 9. The van der Waals surface area contributed by atoms with Crippen LogP contribution in [0, 0.1) is 28.5 Å². The van der Waals surface area contributed by atoms with E-state index in [0.29, 0.717) is 53.3 Å². The maximum absolute atomic E-state index is 14.8. The molecule has 10 nitrogen and oxygen atoms in total. The molecule has 1 fully saturated rings. The molecule has 0 atom stereocenters. The van der Waals surface area contributed by atoms with E-state index >= 15 is 0 Å². The Labute approximate surface area is 269 Å². The van der Waals surface area contributed by atoms with E-state index in [1.807, 2.05) is 23.1 Å². The number of hydrogen-bond donors (Lipinski definition) is 4. The average molecular weight is 637 g/mol. The van der Waals surface area contributed by atoms with E-state index in [0.717, 1.165) is 24.5 Å². The number of halogens is 2. The average Bonchev–Trinajstić information content (AvgIpc) is 3.10. The van der Waals surface area contributed by atoms with Crippen molar-refractivity contribution in [2.75, 3.05) is 25.1 Å². The van der Waals surface area contributed by atoms with Gasteiger partial charge >= 0.3 is 5.91 Å². The maximum atomic E-state index is 14.8. The number of aromatic hydroxyl groups is 1. The number of piperidine rings is 1. The molecule has 47 heavy (non-hydrogen) atoms. The van der Waals surface area contributed by atoms with Gasteiger partial charge in [-0.05, 0) is 65.4 Å². The number of nitrogens with zero attached hydrogens (tertiary/aromatic N) is 4. The third-order valence-electron chi connectivity index (χ3n) is 8.02. The number of phenolic OH excluding ortho intramolecular Hbond substituents is 1. The predicted molar refractivity (Wildman–Crippen MR) is 170 cm³/mol. The summed E-state index contributed by atoms with van der Waals surface area (Å²) < 4.78 is 33.7. The van der Waals surface area contributed by atoms with Crippen LogP contribution in [0.1, 0.15) is 35.1 Å². The van der Waals surface area contributed by atoms with Crippen LogP contribution in [-0.2, 0) is 11.3 Å². The Morgan fingerprint density at radius 3 is 2.43 bits per heavy atom. The number of aromatic nitrogens is 1. The zero-order valence-corrected chi connectivity index (χ0v) is 25.3. The SMILES string of the molecule is COc1ccc(-c2cnc(N3CCC(NCc4ccc(/C=C(/F)C(=O)NO)cc4)CC3)c(C#N)c2-c2ccc(C#N)c(F)c2)cc1O. The fraction of sp³-hybridized carbons (Fsp3) is 0.200. The molecule has 1 aliphatic heterocycles. The predicted octanol–water partition coefficient (Wildman–Crippen LogP) is 5.59. The third-order valence-corrected chi connectivity index (χ3v) is 8.02. The summed E-state index contributed by atoms with van der Waals surface area (Å²) >= 11 is 0. The molecule has 12 heteroatoms. The smallest absolute Gasteiger partial charge is 0.303 e. The lowest BCUT2D eigenvalue weighted by atomic mass is 9.91. The van der Waals surface area contributed by atoms with Crippen LogP contribution in [0.25, 0.3) is 28.3 Å². The van der Waals surface area contributed by atoms with Gasteiger partial charge in [0.1, 0.15) is 29.3 Å². The number of hydrogen-bond acceptors (Lipinski definition) is 9. The fourth-order valence-corrected chi connectivity index (χ4v) is 5.54. The minimum absolute atomic E-state index is 0.104. The third kappa shape index (κ3) is 7.20. The molecular weight excluding hydrogens is 606 g/mol. The lowest BCUT2D eigenvalue weighted by Gasteiger charge is -2.34. The molecule has 1 amide bonds. The minimum atomic E-state index is -1.22. The van der Waals surface area contributed by atoms with E-state index in [2.05, 4.69) is 16.4 Å². The van der Waals surface area contributed by atoms with Crippen molar-refractivity contribution in [3.8, 4) is 45.9 Å². The molecule has 238 valence electrons. The van der Waals surface area contributed by atoms with Gasteiger partial charge in [0.2, 0.25) is 0 Å². The van der Waals surface area contributed by atoms with Crippen molar-refractivity contribution in [1.82, 2.24) is 15.8 Å². The number of anilines is 1. The van der Waals surface area contributed by atoms with Gasteiger partial charge in [-0.15, -0.1) is 0 Å². The van der Waals surface area contributed by atoms with E-state index in [1.54, 1.807) is 36.5 Å². The van der Waals surface area contributed by atoms with Gasteiger partial charge in [0, 0.05) is 43.0 Å². The molecule has 0 aliphatic carbocycles. The summed E-state index contributed by atoms with van der Waals surface area (Å²) in [4.78, 5) is 17.9. The normalized spacial score (nSPS) is 13.5. The highest BCUT2D eigenvalue weighted by Crippen LogP contribution is 2.41. The van der Waals surface area contributed by atoms with Gasteiger partial charge in [0.15, 0.2) is 17.3 Å². The second kappa shape index (κ2) is 14.5. The summed E-state index contributed by atoms with van der Waals surface area (Å²) in [7, 11) is 1.44. The van der Waals surface area contributed by atoms with Gasteiger partial charge in [0.05, 0.1) is 12.7 Å². The molecule has 0 saturated carbocycles. The molecule has 1 aliphatic rings. The number of benzene rings is 3. The topological polar surface area (TPSA) is 155 Å². The monoisotopic (exact) mass is 636 g/mol. The number of pyridine rings is 1. The first-order valence-electron chi connectivity index (χ1n) is 14.7. The van der Waals surface area contributed by atoms with E-state index in [-0.39, 0.29) is 28.7 Å². The summed E-state index contributed by atoms with van der Waals surface area (Å²) in [6, 6.07) is 20.3. The summed E-state index contributed by atoms with van der Waals surface area (Å²) in [5.74, 6) is -2.41. The molecule has 0 unspecified atom stereocenters. The zero-order chi connectivity index (χ0) is 33.5. The lowest BCUT2D eigenvalue weighted by molar-refractivity contribution is -0.126. The van der Waals surface area contributed by atoms with Crippen molar-refractivity contribution >= 4 is 17.8 Å². The summed E-state index contributed by atoms with van der Waals surface area (Å²) in [5, 5.41) is 42.2. The second-order valence-corrected chi connectivity index (χ2v) is 10.9. The molecule has 0 spiro atoms. The molecule has 0 radical (unpaired) electrons. The van der Waals surface area contributed by atoms with Crippen LogP contribution in [0.2, 0.25) is 0 Å². The number of carbonyl (C=O) groups is 1. The molecular formula is C35H30F2N6O4. The number of carbonyl (C=O) groups excluding carboxylic acids is 1. The Balaban J connectivity index is 1.36. The Morgan fingerprint density at radius 1 is 1.09 bits per heavy atom. The molecule has 2 heterocycles. The van der Waals surface area contributed by atoms with Crippen LogP contribution in [0.5, 0.6) is 11.5 Å². The van der Waals surface area contributed by atoms with E-state index in [1.165, 1.54) is 30.8 Å². The van der Waals surface area contributed by atoms with Crippen LogP contribution in [0.3, 0.4) is 0 Å². The Morgan fingerprint density at radius 2 is 1.81 bits per heavy atom. The number of phenols is 1. The van der Waals surface area contributed by atoms with Crippen molar-refractivity contribution in [2.45, 2.75) is 25.4 Å². The van der Waals surface area contributed by atoms with Crippen LogP contribution in [0.15, 0.2) is 72.7 Å². The zero-order valence-electron chi connectivity index (χ0n) is 25.3. The van der Waals surface area contributed by atoms with Gasteiger partial charge in [0.25, 0.3) is 0 Å². The van der Waals surface area contributed by atoms with Crippen LogP contribution >= 0.6 is 0 Å². The fourth-order valence-electron chi connectivity index (χ4n) is 5.54. The lowest BCUT2D eigenvalue weighted by Crippen LogP contribution is -2.42. The molecule has 0 bridgehead atoms. The summed E-state index contributed by atoms with van der Waals surface area (Å²) in [5.41, 5.74) is 4.69. The first kappa shape index (κ1) is 32.6. The van der Waals surface area contributed by atoms with Gasteiger partial charge < -0.3 is 20.1 Å². The minimum Gasteiger partial charge on any atom is -0.504 e. The molecule has 4 aromatic rings. The number of methoxy groups -OCH3 is 1. The highest BCUT2D eigenvalue weighted by molar-refractivity contribution is 5.94. The molecule has 3 aromatic carbocycles. The first-order chi connectivity index (χ1) is 22.8. The Kier molecular flexibility index (Phi) is 10.1. The number of ether oxygens (including phenoxy) is 1. The summed E-state index contributed by atoms with van der Waals surface area (Å²) in [6.45, 7) is 1.76. The van der Waals surface area contributed by atoms with Crippen molar-refractivity contribution in [3.05, 3.63) is 101 Å².